The number of imide groups is 1. The molecule has 9 nitrogen and oxygen atoms in total. The molecule has 0 radical (unpaired) electrons. The van der Waals surface area contributed by atoms with Crippen molar-refractivity contribution in [2.75, 3.05) is 18.9 Å². The number of amides is 5. The number of hydrogen-bond donors (Lipinski definition) is 2. The Morgan fingerprint density at radius 3 is 2.68 bits per heavy atom. The van der Waals surface area contributed by atoms with Gasteiger partial charge in [0.05, 0.1) is 6.54 Å². The summed E-state index contributed by atoms with van der Waals surface area (Å²) in [6, 6.07) is 5.00. The topological polar surface area (TPSA) is 108 Å². The van der Waals surface area contributed by atoms with Crippen molar-refractivity contribution in [3.8, 4) is 0 Å². The molecule has 1 unspecified atom stereocenters. The van der Waals surface area contributed by atoms with Crippen molar-refractivity contribution in [3.63, 3.8) is 0 Å². The Labute approximate surface area is 225 Å². The van der Waals surface area contributed by atoms with Gasteiger partial charge in [0.2, 0.25) is 11.5 Å². The van der Waals surface area contributed by atoms with Crippen molar-refractivity contribution in [2.24, 2.45) is 5.92 Å². The average Bonchev–Trinajstić information content (AvgIpc) is 3.61. The van der Waals surface area contributed by atoms with Crippen LogP contribution in [0.3, 0.4) is 0 Å². The van der Waals surface area contributed by atoms with Crippen molar-refractivity contribution < 1.29 is 23.9 Å². The van der Waals surface area contributed by atoms with Crippen molar-refractivity contribution in [1.29, 1.82) is 0 Å². The molecular weight excluding hydrogens is 504 g/mol. The molecule has 2 aromatic rings. The van der Waals surface area contributed by atoms with Crippen LogP contribution < -0.4 is 10.6 Å². The highest BCUT2D eigenvalue weighted by molar-refractivity contribution is 7.12. The first-order valence-electron chi connectivity index (χ1n) is 13.3. The Bertz CT molecular complexity index is 1370. The van der Waals surface area contributed by atoms with E-state index in [4.69, 9.17) is 4.74 Å². The van der Waals surface area contributed by atoms with Gasteiger partial charge in [-0.2, -0.15) is 0 Å². The Balaban J connectivity index is 1.23. The number of fused-ring (bicyclic) bond motifs is 3. The van der Waals surface area contributed by atoms with E-state index in [1.807, 2.05) is 4.90 Å². The summed E-state index contributed by atoms with van der Waals surface area (Å²) in [5.74, 6) is -0.201. The molecule has 0 bridgehead atoms. The second kappa shape index (κ2) is 9.11. The molecule has 4 aliphatic rings. The lowest BCUT2D eigenvalue weighted by Gasteiger charge is -2.31. The van der Waals surface area contributed by atoms with Crippen LogP contribution >= 0.6 is 11.3 Å². The lowest BCUT2D eigenvalue weighted by molar-refractivity contribution is -0.143. The molecule has 2 fully saturated rings. The number of aryl methyl sites for hydroxylation is 2. The summed E-state index contributed by atoms with van der Waals surface area (Å²) < 4.78 is 5.75. The minimum atomic E-state index is -1.41. The molecule has 38 heavy (non-hydrogen) atoms. The molecule has 2 N–H and O–H groups in total. The summed E-state index contributed by atoms with van der Waals surface area (Å²) in [5.41, 5.74) is 3.31. The summed E-state index contributed by atoms with van der Waals surface area (Å²) in [7, 11) is 1.53. The molecule has 6 rings (SSSR count). The molecule has 1 aromatic carbocycles. The van der Waals surface area contributed by atoms with E-state index in [0.717, 1.165) is 36.1 Å². The number of rotatable bonds is 4. The zero-order chi connectivity index (χ0) is 26.8. The van der Waals surface area contributed by atoms with Gasteiger partial charge in [0.25, 0.3) is 5.91 Å². The minimum absolute atomic E-state index is 0.128. The molecular formula is C28H32N4O5S. The smallest absolute Gasteiger partial charge is 0.418 e. The predicted molar refractivity (Wildman–Crippen MR) is 142 cm³/mol. The third kappa shape index (κ3) is 3.97. The average molecular weight is 537 g/mol. The first-order valence-corrected chi connectivity index (χ1v) is 14.1. The molecule has 200 valence electrons. The number of thiophene rings is 1. The zero-order valence-electron chi connectivity index (χ0n) is 21.9. The van der Waals surface area contributed by atoms with Gasteiger partial charge in [-0.1, -0.05) is 6.07 Å². The number of nitrogens with zero attached hydrogens (tertiary/aromatic N) is 2. The fourth-order valence-electron chi connectivity index (χ4n) is 6.31. The van der Waals surface area contributed by atoms with Crippen molar-refractivity contribution in [2.45, 2.75) is 70.6 Å². The number of nitrogens with one attached hydrogen (secondary N) is 2. The highest BCUT2D eigenvalue weighted by atomic mass is 32.1. The van der Waals surface area contributed by atoms with E-state index in [0.29, 0.717) is 36.6 Å². The van der Waals surface area contributed by atoms with Gasteiger partial charge in [0.15, 0.2) is 0 Å². The maximum Gasteiger partial charge on any atom is 0.418 e. The van der Waals surface area contributed by atoms with Crippen LogP contribution in [0.15, 0.2) is 18.2 Å². The Morgan fingerprint density at radius 2 is 1.95 bits per heavy atom. The van der Waals surface area contributed by atoms with Crippen LogP contribution in [0.2, 0.25) is 0 Å². The Kier molecular flexibility index (Phi) is 5.97. The quantitative estimate of drug-likeness (QED) is 0.614. The molecule has 1 aromatic heterocycles. The van der Waals surface area contributed by atoms with Gasteiger partial charge in [0, 0.05) is 40.5 Å². The number of carbonyl (C=O) groups excluding carboxylic acids is 4. The van der Waals surface area contributed by atoms with E-state index < -0.39 is 17.6 Å². The van der Waals surface area contributed by atoms with Crippen LogP contribution in [-0.4, -0.2) is 53.4 Å². The number of benzene rings is 1. The van der Waals surface area contributed by atoms with Gasteiger partial charge >= 0.3 is 12.1 Å². The molecule has 2 aliphatic heterocycles. The highest BCUT2D eigenvalue weighted by Crippen LogP contribution is 2.46. The third-order valence-corrected chi connectivity index (χ3v) is 9.86. The fraction of sp³-hybridized carbons (Fsp3) is 0.500. The van der Waals surface area contributed by atoms with Crippen molar-refractivity contribution >= 4 is 41.0 Å². The summed E-state index contributed by atoms with van der Waals surface area (Å²) in [6.07, 6.45) is 4.15. The highest BCUT2D eigenvalue weighted by Gasteiger charge is 2.58. The SMILES string of the molecule is CNC(=O)Nc1ccc2c(c1)CC[C@]21OC(=O)N(CC(=O)N2Cc3sc(C)c(C)c3CCC2C2CC2)C1=O. The number of carbonyl (C=O) groups is 4. The molecule has 10 heteroatoms. The largest absolute Gasteiger partial charge is 0.427 e. The number of anilines is 1. The first-order chi connectivity index (χ1) is 18.2. The Hall–Kier alpha value is -3.40. The van der Waals surface area contributed by atoms with Gasteiger partial charge in [-0.3, -0.25) is 9.59 Å². The maximum atomic E-state index is 13.7. The normalized spacial score (nSPS) is 24.2. The number of urea groups is 1. The lowest BCUT2D eigenvalue weighted by atomic mass is 9.94. The monoisotopic (exact) mass is 536 g/mol. The Morgan fingerprint density at radius 1 is 1.16 bits per heavy atom. The third-order valence-electron chi connectivity index (χ3n) is 8.62. The van der Waals surface area contributed by atoms with Crippen LogP contribution in [-0.2, 0) is 39.3 Å². The predicted octanol–water partition coefficient (Wildman–Crippen LogP) is 3.99. The lowest BCUT2D eigenvalue weighted by Crippen LogP contribution is -2.48. The summed E-state index contributed by atoms with van der Waals surface area (Å²) in [6.45, 7) is 4.49. The van der Waals surface area contributed by atoms with Crippen molar-refractivity contribution in [3.05, 3.63) is 50.2 Å². The van der Waals surface area contributed by atoms with E-state index in [2.05, 4.69) is 24.5 Å². The standard InChI is InChI=1S/C28H32N4O5S/c1-15-16(2)38-23-13-31(22(17-4-5-17)9-7-20(15)23)24(33)14-32-25(34)28(37-27(32)36)11-10-18-12-19(6-8-21(18)28)30-26(35)29-3/h6,8,12,17,22H,4-5,7,9-11,13-14H2,1-3H3,(H2,29,30,35)/t22?,28-/m0/s1. The molecule has 1 saturated carbocycles. The van der Waals surface area contributed by atoms with Gasteiger partial charge in [-0.15, -0.1) is 11.3 Å². The molecule has 2 atom stereocenters. The second-order valence-electron chi connectivity index (χ2n) is 10.8. The maximum absolute atomic E-state index is 13.7. The summed E-state index contributed by atoms with van der Waals surface area (Å²) >= 11 is 1.75. The molecule has 2 aliphatic carbocycles. The van der Waals surface area contributed by atoms with Crippen molar-refractivity contribution in [1.82, 2.24) is 15.1 Å². The molecule has 5 amide bonds. The van der Waals surface area contributed by atoms with Crippen LogP contribution in [0.25, 0.3) is 0 Å². The van der Waals surface area contributed by atoms with Crippen LogP contribution in [0.5, 0.6) is 0 Å². The zero-order valence-corrected chi connectivity index (χ0v) is 22.7. The van der Waals surface area contributed by atoms with Gasteiger partial charge in [0.1, 0.15) is 6.54 Å². The van der Waals surface area contributed by atoms with Gasteiger partial charge in [-0.05, 0) is 80.7 Å². The first kappa shape index (κ1) is 24.9. The van der Waals surface area contributed by atoms with E-state index in [-0.39, 0.29) is 24.5 Å². The summed E-state index contributed by atoms with van der Waals surface area (Å²) in [4.78, 5) is 57.6. The fourth-order valence-corrected chi connectivity index (χ4v) is 7.54. The van der Waals surface area contributed by atoms with E-state index in [1.54, 1.807) is 29.5 Å². The summed E-state index contributed by atoms with van der Waals surface area (Å²) in [5, 5.41) is 5.23. The molecule has 1 saturated heterocycles. The second-order valence-corrected chi connectivity index (χ2v) is 12.1. The van der Waals surface area contributed by atoms with Gasteiger partial charge < -0.3 is 20.3 Å². The number of ether oxygens (including phenoxy) is 1. The minimum Gasteiger partial charge on any atom is -0.427 e. The van der Waals surface area contributed by atoms with Gasteiger partial charge in [-0.25, -0.2) is 14.5 Å². The van der Waals surface area contributed by atoms with E-state index in [1.165, 1.54) is 27.9 Å². The number of hydrogen-bond acceptors (Lipinski definition) is 6. The van der Waals surface area contributed by atoms with Crippen LogP contribution in [0.1, 0.15) is 57.7 Å². The van der Waals surface area contributed by atoms with Crippen LogP contribution in [0.4, 0.5) is 15.3 Å². The van der Waals surface area contributed by atoms with E-state index in [9.17, 15) is 19.2 Å². The molecule has 1 spiro atoms. The van der Waals surface area contributed by atoms with E-state index >= 15 is 0 Å². The molecule has 3 heterocycles. The van der Waals surface area contributed by atoms with Crippen LogP contribution in [0, 0.1) is 19.8 Å².